The fraction of sp³-hybridized carbons (Fsp3) is 0.222. The molecule has 0 bridgehead atoms. The van der Waals surface area contributed by atoms with Gasteiger partial charge in [-0.25, -0.2) is 0 Å². The van der Waals surface area contributed by atoms with Crippen molar-refractivity contribution in [3.63, 3.8) is 0 Å². The predicted molar refractivity (Wildman–Crippen MR) is 54.8 cm³/mol. The van der Waals surface area contributed by atoms with Crippen LogP contribution in [0.5, 0.6) is 0 Å². The molecule has 0 saturated heterocycles. The monoisotopic (exact) mass is 195 g/mol. The van der Waals surface area contributed by atoms with E-state index in [2.05, 4.69) is 0 Å². The maximum absolute atomic E-state index is 10.9. The second-order valence-electron chi connectivity index (χ2n) is 2.82. The Bertz CT molecular complexity index is 352. The zero-order valence-corrected chi connectivity index (χ0v) is 8.15. The van der Waals surface area contributed by atoms with Crippen LogP contribution >= 0.6 is 0 Å². The molecule has 0 aliphatic carbocycles. The van der Waals surface area contributed by atoms with Gasteiger partial charge in [0, 0.05) is 12.6 Å². The molecule has 0 saturated carbocycles. The van der Waals surface area contributed by atoms with Gasteiger partial charge in [0.05, 0.1) is 18.5 Å². The van der Waals surface area contributed by atoms with E-state index in [9.17, 15) is 4.79 Å². The first-order chi connectivity index (χ1) is 6.56. The highest BCUT2D eigenvalue weighted by Gasteiger charge is 2.08. The predicted octanol–water partition coefficient (Wildman–Crippen LogP) is 0.365. The van der Waals surface area contributed by atoms with Gasteiger partial charge in [0.15, 0.2) is 0 Å². The zero-order valence-electron chi connectivity index (χ0n) is 8.15. The van der Waals surface area contributed by atoms with Crippen molar-refractivity contribution in [1.29, 1.82) is 0 Å². The molecule has 76 valence electrons. The standard InChI is InChI=1S/C9H13N3O2/c1-12(14-2)8-5-6(9(11)13)3-4-7(8)10/h3-5H,10H2,1-2H3,(H2,11,13). The molecule has 0 heterocycles. The van der Waals surface area contributed by atoms with Gasteiger partial charge in [-0.3, -0.25) is 14.7 Å². The Morgan fingerprint density at radius 1 is 1.50 bits per heavy atom. The first kappa shape index (κ1) is 10.3. The highest BCUT2D eigenvalue weighted by Crippen LogP contribution is 2.23. The third kappa shape index (κ3) is 1.94. The van der Waals surface area contributed by atoms with Crippen molar-refractivity contribution in [3.05, 3.63) is 23.8 Å². The summed E-state index contributed by atoms with van der Waals surface area (Å²) in [6, 6.07) is 4.77. The minimum Gasteiger partial charge on any atom is -0.397 e. The Morgan fingerprint density at radius 3 is 2.64 bits per heavy atom. The Kier molecular flexibility index (Phi) is 2.93. The molecule has 0 spiro atoms. The van der Waals surface area contributed by atoms with E-state index in [1.807, 2.05) is 0 Å². The van der Waals surface area contributed by atoms with Gasteiger partial charge in [0.25, 0.3) is 0 Å². The van der Waals surface area contributed by atoms with Crippen LogP contribution in [0, 0.1) is 0 Å². The average molecular weight is 195 g/mol. The van der Waals surface area contributed by atoms with Gasteiger partial charge in [0.2, 0.25) is 5.91 Å². The number of rotatable bonds is 3. The molecule has 0 fully saturated rings. The van der Waals surface area contributed by atoms with Crippen LogP contribution in [0.3, 0.4) is 0 Å². The van der Waals surface area contributed by atoms with Crippen molar-refractivity contribution in [2.45, 2.75) is 0 Å². The molecule has 0 radical (unpaired) electrons. The summed E-state index contributed by atoms with van der Waals surface area (Å²) in [5, 5.41) is 1.46. The average Bonchev–Trinajstić information content (AvgIpc) is 2.17. The summed E-state index contributed by atoms with van der Waals surface area (Å²) < 4.78 is 0. The molecule has 1 aromatic rings. The van der Waals surface area contributed by atoms with E-state index in [1.165, 1.54) is 12.2 Å². The molecule has 4 N–H and O–H groups in total. The van der Waals surface area contributed by atoms with Crippen LogP contribution in [0.25, 0.3) is 0 Å². The van der Waals surface area contributed by atoms with E-state index >= 15 is 0 Å². The van der Waals surface area contributed by atoms with Gasteiger partial charge < -0.3 is 11.5 Å². The normalized spacial score (nSPS) is 9.86. The van der Waals surface area contributed by atoms with Crippen molar-refractivity contribution in [2.24, 2.45) is 5.73 Å². The van der Waals surface area contributed by atoms with Crippen LogP contribution < -0.4 is 16.5 Å². The minimum absolute atomic E-state index is 0.401. The maximum atomic E-state index is 10.9. The Hall–Kier alpha value is -1.75. The van der Waals surface area contributed by atoms with Crippen LogP contribution in [0.1, 0.15) is 10.4 Å². The van der Waals surface area contributed by atoms with Gasteiger partial charge in [-0.1, -0.05) is 0 Å². The third-order valence-electron chi connectivity index (χ3n) is 1.93. The Balaban J connectivity index is 3.14. The van der Waals surface area contributed by atoms with E-state index in [1.54, 1.807) is 25.2 Å². The number of carbonyl (C=O) groups is 1. The van der Waals surface area contributed by atoms with Gasteiger partial charge in [-0.15, -0.1) is 0 Å². The second-order valence-corrected chi connectivity index (χ2v) is 2.82. The second kappa shape index (κ2) is 3.97. The number of hydroxylamine groups is 1. The Morgan fingerprint density at radius 2 is 2.14 bits per heavy atom. The van der Waals surface area contributed by atoms with Gasteiger partial charge in [-0.2, -0.15) is 0 Å². The van der Waals surface area contributed by atoms with Crippen molar-refractivity contribution in [2.75, 3.05) is 25.0 Å². The fourth-order valence-corrected chi connectivity index (χ4v) is 1.07. The first-order valence-electron chi connectivity index (χ1n) is 4.03. The molecular weight excluding hydrogens is 182 g/mol. The number of anilines is 2. The number of carbonyl (C=O) groups excluding carboxylic acids is 1. The molecule has 0 unspecified atom stereocenters. The quantitative estimate of drug-likeness (QED) is 0.539. The molecule has 1 aromatic carbocycles. The lowest BCUT2D eigenvalue weighted by atomic mass is 10.1. The van der Waals surface area contributed by atoms with Crippen molar-refractivity contribution >= 4 is 17.3 Å². The largest absolute Gasteiger partial charge is 0.397 e. The van der Waals surface area contributed by atoms with Crippen molar-refractivity contribution in [3.8, 4) is 0 Å². The lowest BCUT2D eigenvalue weighted by molar-refractivity contribution is 0.1000. The van der Waals surface area contributed by atoms with Crippen LogP contribution in [-0.2, 0) is 4.84 Å². The van der Waals surface area contributed by atoms with Crippen molar-refractivity contribution in [1.82, 2.24) is 0 Å². The molecule has 5 heteroatoms. The summed E-state index contributed by atoms with van der Waals surface area (Å²) in [6.07, 6.45) is 0. The lowest BCUT2D eigenvalue weighted by Crippen LogP contribution is -2.18. The van der Waals surface area contributed by atoms with Crippen LogP contribution in [0.2, 0.25) is 0 Å². The van der Waals surface area contributed by atoms with Crippen LogP contribution in [0.15, 0.2) is 18.2 Å². The number of nitrogens with two attached hydrogens (primary N) is 2. The summed E-state index contributed by atoms with van der Waals surface area (Å²) in [7, 11) is 3.20. The molecule has 0 atom stereocenters. The molecule has 5 nitrogen and oxygen atoms in total. The third-order valence-corrected chi connectivity index (χ3v) is 1.93. The molecule has 0 aliphatic heterocycles. The molecule has 1 rings (SSSR count). The minimum atomic E-state index is -0.490. The molecule has 14 heavy (non-hydrogen) atoms. The maximum Gasteiger partial charge on any atom is 0.248 e. The Labute approximate surface area is 82.2 Å². The molecular formula is C9H13N3O2. The number of nitrogens with zero attached hydrogens (tertiary/aromatic N) is 1. The first-order valence-corrected chi connectivity index (χ1v) is 4.03. The number of benzene rings is 1. The summed E-state index contributed by atoms with van der Waals surface area (Å²) >= 11 is 0. The number of primary amides is 1. The van der Waals surface area contributed by atoms with Crippen LogP contribution in [0.4, 0.5) is 11.4 Å². The topological polar surface area (TPSA) is 81.6 Å². The molecule has 0 aliphatic rings. The number of hydrogen-bond acceptors (Lipinski definition) is 4. The van der Waals surface area contributed by atoms with E-state index < -0.39 is 5.91 Å². The van der Waals surface area contributed by atoms with E-state index in [0.717, 1.165) is 0 Å². The summed E-state index contributed by atoms with van der Waals surface area (Å²) in [4.78, 5) is 15.9. The lowest BCUT2D eigenvalue weighted by Gasteiger charge is -2.18. The summed E-state index contributed by atoms with van der Waals surface area (Å²) in [5.74, 6) is -0.490. The van der Waals surface area contributed by atoms with E-state index in [4.69, 9.17) is 16.3 Å². The van der Waals surface area contributed by atoms with E-state index in [0.29, 0.717) is 16.9 Å². The fourth-order valence-electron chi connectivity index (χ4n) is 1.07. The summed E-state index contributed by atoms with van der Waals surface area (Å²) in [5.41, 5.74) is 12.4. The highest BCUT2D eigenvalue weighted by molar-refractivity contribution is 5.94. The number of amides is 1. The molecule has 1 amide bonds. The smallest absolute Gasteiger partial charge is 0.248 e. The highest BCUT2D eigenvalue weighted by atomic mass is 16.7. The SMILES string of the molecule is CON(C)c1cc(C(N)=O)ccc1N. The van der Waals surface area contributed by atoms with Crippen LogP contribution in [-0.4, -0.2) is 20.1 Å². The van der Waals surface area contributed by atoms with Crippen molar-refractivity contribution < 1.29 is 9.63 Å². The summed E-state index contributed by atoms with van der Waals surface area (Å²) in [6.45, 7) is 0. The zero-order chi connectivity index (χ0) is 10.7. The van der Waals surface area contributed by atoms with Gasteiger partial charge >= 0.3 is 0 Å². The van der Waals surface area contributed by atoms with Gasteiger partial charge in [0.1, 0.15) is 0 Å². The molecule has 0 aromatic heterocycles. The number of nitrogen functional groups attached to an aromatic ring is 1. The van der Waals surface area contributed by atoms with Gasteiger partial charge in [-0.05, 0) is 18.2 Å². The van der Waals surface area contributed by atoms with E-state index in [-0.39, 0.29) is 0 Å². The number of hydrogen-bond donors (Lipinski definition) is 2.